The lowest BCUT2D eigenvalue weighted by Crippen LogP contribution is -2.38. The molecule has 0 aliphatic heterocycles. The molecule has 0 saturated heterocycles. The Morgan fingerprint density at radius 3 is 2.42 bits per heavy atom. The molecule has 110 valence electrons. The molecule has 0 radical (unpaired) electrons. The second-order valence-electron chi connectivity index (χ2n) is 5.14. The van der Waals surface area contributed by atoms with E-state index < -0.39 is 0 Å². The van der Waals surface area contributed by atoms with E-state index in [9.17, 15) is 5.11 Å². The quantitative estimate of drug-likeness (QED) is 0.759. The van der Waals surface area contributed by atoms with Crippen LogP contribution < -0.4 is 5.32 Å². The first-order valence-corrected chi connectivity index (χ1v) is 7.18. The van der Waals surface area contributed by atoms with Gasteiger partial charge >= 0.3 is 0 Å². The Balaban J connectivity index is 2.41. The number of aliphatic hydroxyl groups is 1. The summed E-state index contributed by atoms with van der Waals surface area (Å²) in [7, 11) is 0. The van der Waals surface area contributed by atoms with Crippen LogP contribution in [0.1, 0.15) is 43.9 Å². The third kappa shape index (κ3) is 4.97. The zero-order valence-electron chi connectivity index (χ0n) is 12.9. The molecule has 1 rings (SSSR count). The molecule has 19 heavy (non-hydrogen) atoms. The van der Waals surface area contributed by atoms with Crippen LogP contribution in [0.3, 0.4) is 0 Å². The number of likely N-dealkylation sites (N-methyl/N-ethyl adjacent to an activating group) is 1. The minimum absolute atomic E-state index is 0.198. The van der Waals surface area contributed by atoms with Gasteiger partial charge in [-0.15, -0.1) is 0 Å². The lowest BCUT2D eigenvalue weighted by Gasteiger charge is -2.23. The molecule has 0 fully saturated rings. The van der Waals surface area contributed by atoms with E-state index in [-0.39, 0.29) is 12.1 Å². The lowest BCUT2D eigenvalue weighted by atomic mass is 10.1. The van der Waals surface area contributed by atoms with Crippen molar-refractivity contribution >= 4 is 0 Å². The number of hydrogen-bond donors (Lipinski definition) is 2. The second kappa shape index (κ2) is 7.68. The van der Waals surface area contributed by atoms with Gasteiger partial charge in [-0.3, -0.25) is 0 Å². The summed E-state index contributed by atoms with van der Waals surface area (Å²) < 4.78 is 5.53. The number of aliphatic hydroxyl groups excluding tert-OH is 1. The Kier molecular flexibility index (Phi) is 6.55. The van der Waals surface area contributed by atoms with Crippen molar-refractivity contribution in [2.24, 2.45) is 0 Å². The molecule has 0 aliphatic carbocycles. The summed E-state index contributed by atoms with van der Waals surface area (Å²) in [6.45, 7) is 13.5. The van der Waals surface area contributed by atoms with Crippen molar-refractivity contribution in [2.75, 3.05) is 26.2 Å². The highest BCUT2D eigenvalue weighted by molar-refractivity contribution is 5.23. The fraction of sp³-hybridized carbons (Fsp3) is 0.733. The first-order chi connectivity index (χ1) is 8.97. The minimum Gasteiger partial charge on any atom is -0.466 e. The van der Waals surface area contributed by atoms with E-state index in [2.05, 4.69) is 37.1 Å². The van der Waals surface area contributed by atoms with E-state index in [1.54, 1.807) is 0 Å². The first kappa shape index (κ1) is 16.2. The van der Waals surface area contributed by atoms with E-state index in [1.807, 2.05) is 13.8 Å². The van der Waals surface area contributed by atoms with Gasteiger partial charge in [0.25, 0.3) is 0 Å². The molecule has 2 N–H and O–H groups in total. The third-order valence-corrected chi connectivity index (χ3v) is 3.57. The number of furan rings is 1. The van der Waals surface area contributed by atoms with Gasteiger partial charge in [-0.2, -0.15) is 0 Å². The zero-order valence-corrected chi connectivity index (χ0v) is 12.9. The van der Waals surface area contributed by atoms with Crippen LogP contribution in [0.5, 0.6) is 0 Å². The van der Waals surface area contributed by atoms with Crippen molar-refractivity contribution in [1.82, 2.24) is 10.2 Å². The van der Waals surface area contributed by atoms with E-state index >= 15 is 0 Å². The van der Waals surface area contributed by atoms with Crippen LogP contribution in [0, 0.1) is 13.8 Å². The van der Waals surface area contributed by atoms with Crippen molar-refractivity contribution in [3.8, 4) is 0 Å². The molecular weight excluding hydrogens is 240 g/mol. The molecule has 0 aliphatic rings. The van der Waals surface area contributed by atoms with Crippen molar-refractivity contribution in [3.63, 3.8) is 0 Å². The van der Waals surface area contributed by atoms with Gasteiger partial charge in [-0.1, -0.05) is 13.8 Å². The normalized spacial score (nSPS) is 14.9. The van der Waals surface area contributed by atoms with E-state index in [0.29, 0.717) is 6.54 Å². The van der Waals surface area contributed by atoms with Crippen LogP contribution >= 0.6 is 0 Å². The van der Waals surface area contributed by atoms with Gasteiger partial charge in [0.1, 0.15) is 11.5 Å². The fourth-order valence-corrected chi connectivity index (χ4v) is 2.35. The average molecular weight is 268 g/mol. The summed E-state index contributed by atoms with van der Waals surface area (Å²) in [5.41, 5.74) is 1.17. The molecule has 0 saturated carbocycles. The Bertz CT molecular complexity index is 372. The van der Waals surface area contributed by atoms with Gasteiger partial charge in [0.2, 0.25) is 0 Å². The number of aryl methyl sites for hydroxylation is 2. The third-order valence-electron chi connectivity index (χ3n) is 3.57. The first-order valence-electron chi connectivity index (χ1n) is 7.18. The summed E-state index contributed by atoms with van der Waals surface area (Å²) in [6, 6.07) is 2.26. The molecular formula is C15H28N2O2. The Morgan fingerprint density at radius 2 is 1.95 bits per heavy atom. The molecule has 0 spiro atoms. The highest BCUT2D eigenvalue weighted by Crippen LogP contribution is 2.20. The predicted octanol–water partition coefficient (Wildman–Crippen LogP) is 2.25. The Morgan fingerprint density at radius 1 is 1.32 bits per heavy atom. The maximum Gasteiger partial charge on any atom is 0.105 e. The van der Waals surface area contributed by atoms with Crippen molar-refractivity contribution < 1.29 is 9.52 Å². The highest BCUT2D eigenvalue weighted by Gasteiger charge is 2.14. The van der Waals surface area contributed by atoms with Crippen LogP contribution in [0.25, 0.3) is 0 Å². The van der Waals surface area contributed by atoms with Crippen LogP contribution in [-0.4, -0.2) is 42.3 Å². The Labute approximate surface area is 116 Å². The maximum atomic E-state index is 10.0. The topological polar surface area (TPSA) is 48.6 Å². The standard InChI is InChI=1S/C15H28N2O2/c1-6-17(7-2)10-14(18)9-16-12(4)15-8-11(3)19-13(15)5/h8,12,14,16,18H,6-7,9-10H2,1-5H3. The lowest BCUT2D eigenvalue weighted by molar-refractivity contribution is 0.114. The molecule has 0 amide bonds. The van der Waals surface area contributed by atoms with Gasteiger partial charge in [-0.05, 0) is 39.9 Å². The summed E-state index contributed by atoms with van der Waals surface area (Å²) >= 11 is 0. The van der Waals surface area contributed by atoms with Crippen molar-refractivity contribution in [1.29, 1.82) is 0 Å². The summed E-state index contributed by atoms with van der Waals surface area (Å²) in [6.07, 6.45) is -0.337. The summed E-state index contributed by atoms with van der Waals surface area (Å²) in [5, 5.41) is 13.4. The Hall–Kier alpha value is -0.840. The monoisotopic (exact) mass is 268 g/mol. The van der Waals surface area contributed by atoms with Crippen LogP contribution in [0.4, 0.5) is 0 Å². The number of nitrogens with one attached hydrogen (secondary N) is 1. The van der Waals surface area contributed by atoms with Crippen molar-refractivity contribution in [3.05, 3.63) is 23.2 Å². The average Bonchev–Trinajstić information content (AvgIpc) is 2.72. The second-order valence-corrected chi connectivity index (χ2v) is 5.14. The van der Waals surface area contributed by atoms with Crippen LogP contribution in [-0.2, 0) is 0 Å². The molecule has 4 nitrogen and oxygen atoms in total. The minimum atomic E-state index is -0.337. The smallest absolute Gasteiger partial charge is 0.105 e. The summed E-state index contributed by atoms with van der Waals surface area (Å²) in [5.74, 6) is 1.89. The molecule has 0 bridgehead atoms. The number of nitrogens with zero attached hydrogens (tertiary/aromatic N) is 1. The maximum absolute atomic E-state index is 10.0. The molecule has 1 aromatic heterocycles. The summed E-state index contributed by atoms with van der Waals surface area (Å²) in [4.78, 5) is 2.23. The SMILES string of the molecule is CCN(CC)CC(O)CNC(C)c1cc(C)oc1C. The van der Waals surface area contributed by atoms with Crippen molar-refractivity contribution in [2.45, 2.75) is 46.8 Å². The molecule has 2 unspecified atom stereocenters. The van der Waals surface area contributed by atoms with E-state index in [1.165, 1.54) is 5.56 Å². The molecule has 1 heterocycles. The number of rotatable bonds is 8. The molecule has 1 aromatic rings. The zero-order chi connectivity index (χ0) is 14.4. The fourth-order valence-electron chi connectivity index (χ4n) is 2.35. The van der Waals surface area contributed by atoms with Gasteiger partial charge in [0, 0.05) is 24.7 Å². The highest BCUT2D eigenvalue weighted by atomic mass is 16.3. The van der Waals surface area contributed by atoms with E-state index in [4.69, 9.17) is 4.42 Å². The molecule has 2 atom stereocenters. The molecule has 0 aromatic carbocycles. The van der Waals surface area contributed by atoms with Gasteiger partial charge < -0.3 is 19.7 Å². The van der Waals surface area contributed by atoms with Gasteiger partial charge in [0.05, 0.1) is 6.10 Å². The predicted molar refractivity (Wildman–Crippen MR) is 78.4 cm³/mol. The van der Waals surface area contributed by atoms with Gasteiger partial charge in [-0.25, -0.2) is 0 Å². The number of hydrogen-bond acceptors (Lipinski definition) is 4. The van der Waals surface area contributed by atoms with Crippen LogP contribution in [0.15, 0.2) is 10.5 Å². The van der Waals surface area contributed by atoms with Gasteiger partial charge in [0.15, 0.2) is 0 Å². The molecule has 4 heteroatoms. The van der Waals surface area contributed by atoms with Crippen LogP contribution in [0.2, 0.25) is 0 Å². The largest absolute Gasteiger partial charge is 0.466 e. The van der Waals surface area contributed by atoms with E-state index in [0.717, 1.165) is 31.2 Å².